The van der Waals surface area contributed by atoms with E-state index < -0.39 is 11.7 Å². The number of carbonyl (C=O) groups excluding carboxylic acids is 2. The van der Waals surface area contributed by atoms with Crippen molar-refractivity contribution in [3.63, 3.8) is 0 Å². The number of nitrogens with one attached hydrogen (secondary N) is 2. The molecule has 0 saturated carbocycles. The Bertz CT molecular complexity index is 817. The van der Waals surface area contributed by atoms with Crippen LogP contribution in [0.3, 0.4) is 0 Å². The third kappa shape index (κ3) is 5.05. The minimum atomic E-state index is -0.541. The maximum atomic E-state index is 13.9. The van der Waals surface area contributed by atoms with Gasteiger partial charge in [0.1, 0.15) is 5.82 Å². The van der Waals surface area contributed by atoms with E-state index in [4.69, 9.17) is 16.3 Å². The van der Waals surface area contributed by atoms with Gasteiger partial charge in [0.2, 0.25) is 5.91 Å². The SMILES string of the molecule is O=C(Cc1c(F)cccc1Cl)Nc1ccccc1C(=O)NCC1CCCO1. The number of ether oxygens (including phenoxy) is 1. The van der Waals surface area contributed by atoms with Crippen molar-refractivity contribution in [2.75, 3.05) is 18.5 Å². The van der Waals surface area contributed by atoms with Crippen molar-refractivity contribution in [2.24, 2.45) is 0 Å². The lowest BCUT2D eigenvalue weighted by Gasteiger charge is -2.14. The third-order valence-electron chi connectivity index (χ3n) is 4.36. The number of hydrogen-bond acceptors (Lipinski definition) is 3. The van der Waals surface area contributed by atoms with E-state index in [-0.39, 0.29) is 29.0 Å². The molecule has 2 aromatic carbocycles. The molecule has 2 amide bonds. The number of benzene rings is 2. The Kier molecular flexibility index (Phi) is 6.42. The number of para-hydroxylation sites is 1. The van der Waals surface area contributed by atoms with E-state index in [0.717, 1.165) is 12.8 Å². The Balaban J connectivity index is 1.66. The van der Waals surface area contributed by atoms with Crippen LogP contribution in [0.4, 0.5) is 10.1 Å². The van der Waals surface area contributed by atoms with Crippen molar-refractivity contribution in [3.8, 4) is 0 Å². The molecule has 2 aromatic rings. The lowest BCUT2D eigenvalue weighted by molar-refractivity contribution is -0.115. The molecule has 1 heterocycles. The fourth-order valence-corrected chi connectivity index (χ4v) is 3.18. The molecule has 27 heavy (non-hydrogen) atoms. The Morgan fingerprint density at radius 3 is 2.74 bits per heavy atom. The number of amides is 2. The van der Waals surface area contributed by atoms with Gasteiger partial charge in [0.15, 0.2) is 0 Å². The van der Waals surface area contributed by atoms with Gasteiger partial charge in [0.25, 0.3) is 5.91 Å². The number of hydrogen-bond donors (Lipinski definition) is 2. The fraction of sp³-hybridized carbons (Fsp3) is 0.300. The highest BCUT2D eigenvalue weighted by atomic mass is 35.5. The fourth-order valence-electron chi connectivity index (χ4n) is 2.95. The molecule has 0 aliphatic carbocycles. The maximum absolute atomic E-state index is 13.9. The number of halogens is 2. The Morgan fingerprint density at radius 2 is 2.00 bits per heavy atom. The van der Waals surface area contributed by atoms with Crippen LogP contribution in [0.25, 0.3) is 0 Å². The molecule has 0 aromatic heterocycles. The van der Waals surface area contributed by atoms with Gasteiger partial charge in [-0.15, -0.1) is 0 Å². The van der Waals surface area contributed by atoms with Gasteiger partial charge < -0.3 is 15.4 Å². The third-order valence-corrected chi connectivity index (χ3v) is 4.71. The topological polar surface area (TPSA) is 67.4 Å². The van der Waals surface area contributed by atoms with E-state index in [9.17, 15) is 14.0 Å². The van der Waals surface area contributed by atoms with E-state index in [1.54, 1.807) is 24.3 Å². The first-order valence-corrected chi connectivity index (χ1v) is 9.14. The molecule has 1 aliphatic rings. The van der Waals surface area contributed by atoms with E-state index in [1.165, 1.54) is 18.2 Å². The molecule has 1 atom stereocenters. The lowest BCUT2D eigenvalue weighted by atomic mass is 10.1. The van der Waals surface area contributed by atoms with Gasteiger partial charge in [-0.2, -0.15) is 0 Å². The molecule has 0 bridgehead atoms. The van der Waals surface area contributed by atoms with Gasteiger partial charge in [-0.05, 0) is 37.1 Å². The maximum Gasteiger partial charge on any atom is 0.253 e. The Morgan fingerprint density at radius 1 is 1.19 bits per heavy atom. The smallest absolute Gasteiger partial charge is 0.253 e. The summed E-state index contributed by atoms with van der Waals surface area (Å²) in [5, 5.41) is 5.68. The van der Waals surface area contributed by atoms with E-state index >= 15 is 0 Å². The average molecular weight is 391 g/mol. The van der Waals surface area contributed by atoms with Crippen molar-refractivity contribution in [1.82, 2.24) is 5.32 Å². The van der Waals surface area contributed by atoms with Crippen LogP contribution in [0, 0.1) is 5.82 Å². The first-order valence-electron chi connectivity index (χ1n) is 8.76. The number of anilines is 1. The monoisotopic (exact) mass is 390 g/mol. The second kappa shape index (κ2) is 8.97. The average Bonchev–Trinajstić information content (AvgIpc) is 3.17. The van der Waals surface area contributed by atoms with Crippen LogP contribution in [0.5, 0.6) is 0 Å². The molecule has 1 unspecified atom stereocenters. The lowest BCUT2D eigenvalue weighted by Crippen LogP contribution is -2.32. The van der Waals surface area contributed by atoms with Crippen molar-refractivity contribution in [3.05, 3.63) is 64.4 Å². The zero-order valence-corrected chi connectivity index (χ0v) is 15.4. The van der Waals surface area contributed by atoms with Crippen LogP contribution >= 0.6 is 11.6 Å². The number of carbonyl (C=O) groups is 2. The molecule has 2 N–H and O–H groups in total. The van der Waals surface area contributed by atoms with Crippen LogP contribution in [-0.4, -0.2) is 31.1 Å². The van der Waals surface area contributed by atoms with E-state index in [2.05, 4.69) is 10.6 Å². The molecule has 3 rings (SSSR count). The van der Waals surface area contributed by atoms with E-state index in [1.807, 2.05) is 0 Å². The largest absolute Gasteiger partial charge is 0.376 e. The summed E-state index contributed by atoms with van der Waals surface area (Å²) in [6.07, 6.45) is 1.71. The summed E-state index contributed by atoms with van der Waals surface area (Å²) < 4.78 is 19.4. The van der Waals surface area contributed by atoms with Crippen molar-refractivity contribution in [2.45, 2.75) is 25.4 Å². The van der Waals surface area contributed by atoms with Gasteiger partial charge in [0.05, 0.1) is 23.8 Å². The summed E-state index contributed by atoms with van der Waals surface area (Å²) in [6.45, 7) is 1.14. The summed E-state index contributed by atoms with van der Waals surface area (Å²) in [5.74, 6) is -1.30. The molecule has 1 aliphatic heterocycles. The van der Waals surface area contributed by atoms with Crippen molar-refractivity contribution < 1.29 is 18.7 Å². The zero-order chi connectivity index (χ0) is 19.2. The second-order valence-electron chi connectivity index (χ2n) is 6.32. The van der Waals surface area contributed by atoms with Crippen LogP contribution in [0.1, 0.15) is 28.8 Å². The molecule has 1 fully saturated rings. The number of rotatable bonds is 6. The predicted octanol–water partition coefficient (Wildman–Crippen LogP) is 3.57. The first-order chi connectivity index (χ1) is 13.0. The van der Waals surface area contributed by atoms with Gasteiger partial charge in [-0.3, -0.25) is 9.59 Å². The second-order valence-corrected chi connectivity index (χ2v) is 6.72. The summed E-state index contributed by atoms with van der Waals surface area (Å²) in [5.41, 5.74) is 0.820. The molecule has 142 valence electrons. The highest BCUT2D eigenvalue weighted by molar-refractivity contribution is 6.31. The standard InChI is InChI=1S/C20H20ClFN2O3/c21-16-7-3-8-17(22)15(16)11-19(25)24-18-9-2-1-6-14(18)20(26)23-12-13-5-4-10-27-13/h1-3,6-9,13H,4-5,10-12H2,(H,23,26)(H,24,25). The van der Waals surface area contributed by atoms with Gasteiger partial charge >= 0.3 is 0 Å². The Labute approximate surface area is 161 Å². The summed E-state index contributed by atoms with van der Waals surface area (Å²) in [4.78, 5) is 24.8. The molecular weight excluding hydrogens is 371 g/mol. The zero-order valence-electron chi connectivity index (χ0n) is 14.6. The quantitative estimate of drug-likeness (QED) is 0.792. The van der Waals surface area contributed by atoms with Gasteiger partial charge in [0, 0.05) is 23.7 Å². The summed E-state index contributed by atoms with van der Waals surface area (Å²) in [6, 6.07) is 10.9. The summed E-state index contributed by atoms with van der Waals surface area (Å²) >= 11 is 5.97. The predicted molar refractivity (Wildman–Crippen MR) is 101 cm³/mol. The first kappa shape index (κ1) is 19.3. The highest BCUT2D eigenvalue weighted by Gasteiger charge is 2.19. The normalized spacial score (nSPS) is 16.1. The van der Waals surface area contributed by atoms with Crippen LogP contribution in [0.2, 0.25) is 5.02 Å². The van der Waals surface area contributed by atoms with Crippen molar-refractivity contribution in [1.29, 1.82) is 0 Å². The van der Waals surface area contributed by atoms with Gasteiger partial charge in [-0.1, -0.05) is 29.8 Å². The molecule has 7 heteroatoms. The molecular formula is C20H20ClFN2O3. The minimum Gasteiger partial charge on any atom is -0.376 e. The highest BCUT2D eigenvalue weighted by Crippen LogP contribution is 2.21. The molecule has 0 spiro atoms. The Hall–Kier alpha value is -2.44. The minimum absolute atomic E-state index is 0.0268. The van der Waals surface area contributed by atoms with Crippen molar-refractivity contribution >= 4 is 29.1 Å². The molecule has 1 saturated heterocycles. The summed E-state index contributed by atoms with van der Waals surface area (Å²) in [7, 11) is 0. The van der Waals surface area contributed by atoms with Crippen LogP contribution in [-0.2, 0) is 16.0 Å². The van der Waals surface area contributed by atoms with Crippen LogP contribution < -0.4 is 10.6 Å². The van der Waals surface area contributed by atoms with Crippen LogP contribution in [0.15, 0.2) is 42.5 Å². The molecule has 5 nitrogen and oxygen atoms in total. The van der Waals surface area contributed by atoms with E-state index in [0.29, 0.717) is 24.4 Å². The van der Waals surface area contributed by atoms with Gasteiger partial charge in [-0.25, -0.2) is 4.39 Å². The molecule has 0 radical (unpaired) electrons.